The normalized spacial score (nSPS) is 14.0. The molecule has 0 spiro atoms. The van der Waals surface area contributed by atoms with Crippen molar-refractivity contribution in [1.29, 1.82) is 0 Å². The molecular weight excluding hydrogens is 462 g/mol. The van der Waals surface area contributed by atoms with E-state index in [1.165, 1.54) is 22.3 Å². The van der Waals surface area contributed by atoms with Gasteiger partial charge in [-0.3, -0.25) is 0 Å². The summed E-state index contributed by atoms with van der Waals surface area (Å²) in [6.07, 6.45) is 12.7. The third-order valence-corrected chi connectivity index (χ3v) is 6.37. The standard InChI is InChI=1S/C31H49N3OS/c1-8-10-24(3)23-34(27(6)31(33-7)22-26(5)25(4)18-21-36)20-17-28-12-14-30(15-13-28)35-29(11-9-2)16-19-32/h12-15,18,21-23,29,33,36H,6,8-11,16-17,19-20,32H2,1-5,7H3/b21-18-,24-23+,26-25+,31-22-. The van der Waals surface area contributed by atoms with Crippen LogP contribution in [0.1, 0.15) is 72.3 Å². The summed E-state index contributed by atoms with van der Waals surface area (Å²) in [6.45, 7) is 16.7. The predicted molar refractivity (Wildman–Crippen MR) is 161 cm³/mol. The molecule has 0 saturated carbocycles. The van der Waals surface area contributed by atoms with Crippen LogP contribution in [0.3, 0.4) is 0 Å². The molecule has 0 aliphatic heterocycles. The number of nitrogens with one attached hydrogen (secondary N) is 1. The van der Waals surface area contributed by atoms with E-state index in [1.54, 1.807) is 5.41 Å². The summed E-state index contributed by atoms with van der Waals surface area (Å²) in [7, 11) is 1.95. The molecule has 0 fully saturated rings. The molecule has 1 unspecified atom stereocenters. The lowest BCUT2D eigenvalue weighted by Gasteiger charge is -2.26. The Hall–Kier alpha value is -2.37. The van der Waals surface area contributed by atoms with Crippen LogP contribution >= 0.6 is 12.6 Å². The van der Waals surface area contributed by atoms with Crippen molar-refractivity contribution in [1.82, 2.24) is 10.2 Å². The second-order valence-corrected chi connectivity index (χ2v) is 9.65. The van der Waals surface area contributed by atoms with Crippen molar-refractivity contribution >= 4 is 12.6 Å². The van der Waals surface area contributed by atoms with Crippen molar-refractivity contribution < 1.29 is 4.74 Å². The molecule has 0 aliphatic carbocycles. The number of allylic oxidation sites excluding steroid dienone is 5. The minimum absolute atomic E-state index is 0.187. The quantitative estimate of drug-likeness (QED) is 0.149. The summed E-state index contributed by atoms with van der Waals surface area (Å²) in [6, 6.07) is 8.49. The Bertz CT molecular complexity index is 906. The van der Waals surface area contributed by atoms with E-state index in [1.807, 2.05) is 13.1 Å². The second kappa shape index (κ2) is 18.0. The summed E-state index contributed by atoms with van der Waals surface area (Å²) in [5, 5.41) is 5.11. The maximum atomic E-state index is 6.17. The van der Waals surface area contributed by atoms with Crippen LogP contribution in [-0.4, -0.2) is 31.1 Å². The first-order chi connectivity index (χ1) is 17.3. The van der Waals surface area contributed by atoms with Crippen LogP contribution in [0.5, 0.6) is 5.75 Å². The number of likely N-dealkylation sites (N-methyl/N-ethyl adjacent to an activating group) is 1. The Balaban J connectivity index is 3.06. The van der Waals surface area contributed by atoms with Crippen LogP contribution in [0.4, 0.5) is 0 Å². The van der Waals surface area contributed by atoms with E-state index in [0.717, 1.165) is 62.2 Å². The summed E-state index contributed by atoms with van der Waals surface area (Å²) in [4.78, 5) is 2.27. The number of ether oxygens (including phenoxy) is 1. The Kier molecular flexibility index (Phi) is 15.8. The van der Waals surface area contributed by atoms with Crippen LogP contribution in [0, 0.1) is 0 Å². The van der Waals surface area contributed by atoms with Crippen LogP contribution in [0.25, 0.3) is 0 Å². The van der Waals surface area contributed by atoms with Crippen molar-refractivity contribution in [2.24, 2.45) is 5.73 Å². The van der Waals surface area contributed by atoms with Crippen LogP contribution in [-0.2, 0) is 6.42 Å². The number of thiol groups is 1. The molecule has 3 N–H and O–H groups in total. The monoisotopic (exact) mass is 511 g/mol. The molecule has 5 heteroatoms. The molecule has 200 valence electrons. The fourth-order valence-electron chi connectivity index (χ4n) is 3.98. The van der Waals surface area contributed by atoms with E-state index < -0.39 is 0 Å². The number of rotatable bonds is 17. The lowest BCUT2D eigenvalue weighted by Crippen LogP contribution is -2.25. The van der Waals surface area contributed by atoms with Crippen molar-refractivity contribution in [2.45, 2.75) is 79.2 Å². The van der Waals surface area contributed by atoms with Gasteiger partial charge in [-0.25, -0.2) is 0 Å². The topological polar surface area (TPSA) is 50.5 Å². The number of hydrogen-bond donors (Lipinski definition) is 3. The van der Waals surface area contributed by atoms with Gasteiger partial charge in [-0.05, 0) is 93.3 Å². The highest BCUT2D eigenvalue weighted by atomic mass is 32.1. The average molecular weight is 512 g/mol. The number of nitrogens with zero attached hydrogens (tertiary/aromatic N) is 1. The summed E-state index contributed by atoms with van der Waals surface area (Å²) in [5.74, 6) is 0.916. The zero-order valence-electron chi connectivity index (χ0n) is 23.4. The first kappa shape index (κ1) is 31.7. The molecule has 4 nitrogen and oxygen atoms in total. The summed E-state index contributed by atoms with van der Waals surface area (Å²) in [5.41, 5.74) is 12.7. The van der Waals surface area contributed by atoms with E-state index in [-0.39, 0.29) is 6.10 Å². The Labute approximate surface area is 226 Å². The van der Waals surface area contributed by atoms with Gasteiger partial charge in [0.25, 0.3) is 0 Å². The first-order valence-electron chi connectivity index (χ1n) is 13.3. The molecule has 1 aromatic carbocycles. The molecule has 0 aromatic heterocycles. The molecule has 36 heavy (non-hydrogen) atoms. The highest BCUT2D eigenvalue weighted by molar-refractivity contribution is 7.83. The van der Waals surface area contributed by atoms with Crippen LogP contribution in [0.15, 0.2) is 82.7 Å². The van der Waals surface area contributed by atoms with E-state index in [9.17, 15) is 0 Å². The van der Waals surface area contributed by atoms with E-state index in [0.29, 0.717) is 6.54 Å². The fourth-order valence-corrected chi connectivity index (χ4v) is 4.20. The van der Waals surface area contributed by atoms with Gasteiger partial charge < -0.3 is 20.7 Å². The second-order valence-electron chi connectivity index (χ2n) is 9.36. The average Bonchev–Trinajstić information content (AvgIpc) is 2.86. The van der Waals surface area contributed by atoms with Gasteiger partial charge in [0, 0.05) is 19.8 Å². The van der Waals surface area contributed by atoms with Crippen molar-refractivity contribution in [3.05, 3.63) is 88.3 Å². The van der Waals surface area contributed by atoms with E-state index in [4.69, 9.17) is 10.5 Å². The molecule has 1 atom stereocenters. The Morgan fingerprint density at radius 1 is 1.11 bits per heavy atom. The van der Waals surface area contributed by atoms with Gasteiger partial charge in [-0.1, -0.05) is 57.0 Å². The van der Waals surface area contributed by atoms with Gasteiger partial charge in [0.05, 0.1) is 17.5 Å². The van der Waals surface area contributed by atoms with Crippen LogP contribution in [0.2, 0.25) is 0 Å². The van der Waals surface area contributed by atoms with Gasteiger partial charge >= 0.3 is 0 Å². The van der Waals surface area contributed by atoms with Gasteiger partial charge in [0.2, 0.25) is 0 Å². The lowest BCUT2D eigenvalue weighted by atomic mass is 10.1. The molecule has 0 aliphatic rings. The maximum absolute atomic E-state index is 6.17. The zero-order valence-corrected chi connectivity index (χ0v) is 24.3. The Morgan fingerprint density at radius 3 is 2.36 bits per heavy atom. The highest BCUT2D eigenvalue weighted by Gasteiger charge is 2.12. The molecule has 0 heterocycles. The third kappa shape index (κ3) is 11.6. The Morgan fingerprint density at radius 2 is 1.81 bits per heavy atom. The van der Waals surface area contributed by atoms with Gasteiger partial charge in [0.1, 0.15) is 5.75 Å². The van der Waals surface area contributed by atoms with Gasteiger partial charge in [-0.2, -0.15) is 12.6 Å². The minimum atomic E-state index is 0.187. The molecule has 1 rings (SSSR count). The molecule has 0 radical (unpaired) electrons. The van der Waals surface area contributed by atoms with E-state index >= 15 is 0 Å². The highest BCUT2D eigenvalue weighted by Crippen LogP contribution is 2.21. The van der Waals surface area contributed by atoms with E-state index in [2.05, 4.69) is 101 Å². The van der Waals surface area contributed by atoms with Crippen molar-refractivity contribution in [2.75, 3.05) is 20.1 Å². The third-order valence-electron chi connectivity index (χ3n) is 6.22. The fraction of sp³-hybridized carbons (Fsp3) is 0.484. The van der Waals surface area contributed by atoms with Crippen LogP contribution < -0.4 is 15.8 Å². The van der Waals surface area contributed by atoms with Gasteiger partial charge in [-0.15, -0.1) is 0 Å². The molecular formula is C31H49N3OS. The smallest absolute Gasteiger partial charge is 0.119 e. The van der Waals surface area contributed by atoms with Crippen molar-refractivity contribution in [3.63, 3.8) is 0 Å². The number of hydrogen-bond acceptors (Lipinski definition) is 5. The minimum Gasteiger partial charge on any atom is -0.490 e. The van der Waals surface area contributed by atoms with Gasteiger partial charge in [0.15, 0.2) is 0 Å². The maximum Gasteiger partial charge on any atom is 0.119 e. The lowest BCUT2D eigenvalue weighted by molar-refractivity contribution is 0.182. The predicted octanol–water partition coefficient (Wildman–Crippen LogP) is 7.53. The summed E-state index contributed by atoms with van der Waals surface area (Å²) >= 11 is 4.20. The molecule has 0 bridgehead atoms. The SMILES string of the molecule is C=C(/C(=C/C(C)=C(C)/C=C\S)NC)N(/C=C(\C)CCC)CCc1ccc(OC(CCC)CCN)cc1. The largest absolute Gasteiger partial charge is 0.490 e. The first-order valence-corrected chi connectivity index (χ1v) is 13.8. The molecule has 1 aromatic rings. The zero-order chi connectivity index (χ0) is 26.9. The number of nitrogens with two attached hydrogens (primary N) is 1. The van der Waals surface area contributed by atoms with Crippen molar-refractivity contribution in [3.8, 4) is 5.75 Å². The molecule has 0 amide bonds. The summed E-state index contributed by atoms with van der Waals surface area (Å²) < 4.78 is 6.17. The molecule has 0 saturated heterocycles. The number of benzene rings is 1.